The van der Waals surface area contributed by atoms with E-state index in [0.29, 0.717) is 5.75 Å². The molecule has 1 unspecified atom stereocenters. The predicted molar refractivity (Wildman–Crippen MR) is 54.9 cm³/mol. The molecule has 0 aromatic heterocycles. The van der Waals surface area contributed by atoms with Crippen LogP contribution in [0.25, 0.3) is 0 Å². The number of amides is 1. The van der Waals surface area contributed by atoms with Crippen molar-refractivity contribution < 1.29 is 14.7 Å². The van der Waals surface area contributed by atoms with E-state index < -0.39 is 16.9 Å². The molecule has 3 N–H and O–H groups in total. The third kappa shape index (κ3) is 1.03. The van der Waals surface area contributed by atoms with Gasteiger partial charge in [0.1, 0.15) is 11.4 Å². The SMILES string of the molecule is CS[C@@]1(N)C(=O)N2C(C(=O)O)CS[C@H]21. The van der Waals surface area contributed by atoms with Crippen LogP contribution in [0.4, 0.5) is 0 Å². The lowest BCUT2D eigenvalue weighted by atomic mass is 10.0. The fourth-order valence-electron chi connectivity index (χ4n) is 1.70. The second-order valence-corrected chi connectivity index (χ2v) is 5.45. The Hall–Kier alpha value is -0.400. The van der Waals surface area contributed by atoms with Crippen LogP contribution in [0.3, 0.4) is 0 Å². The lowest BCUT2D eigenvalue weighted by molar-refractivity contribution is -0.158. The molecule has 1 amide bonds. The molecule has 2 aliphatic rings. The Morgan fingerprint density at radius 2 is 2.50 bits per heavy atom. The minimum absolute atomic E-state index is 0.175. The van der Waals surface area contributed by atoms with Crippen molar-refractivity contribution in [2.75, 3.05) is 12.0 Å². The lowest BCUT2D eigenvalue weighted by Gasteiger charge is -2.49. The molecule has 2 rings (SSSR count). The fourth-order valence-corrected chi connectivity index (χ4v) is 4.21. The van der Waals surface area contributed by atoms with Gasteiger partial charge in [0.2, 0.25) is 0 Å². The highest BCUT2D eigenvalue weighted by atomic mass is 32.2. The molecule has 5 nitrogen and oxygen atoms in total. The van der Waals surface area contributed by atoms with Gasteiger partial charge in [-0.1, -0.05) is 0 Å². The Bertz CT molecular complexity index is 311. The van der Waals surface area contributed by atoms with E-state index in [4.69, 9.17) is 10.8 Å². The molecule has 0 saturated carbocycles. The first-order valence-electron chi connectivity index (χ1n) is 4.03. The summed E-state index contributed by atoms with van der Waals surface area (Å²) in [4.78, 5) is 22.9. The van der Waals surface area contributed by atoms with Gasteiger partial charge in [-0.3, -0.25) is 4.79 Å². The molecule has 2 heterocycles. The summed E-state index contributed by atoms with van der Waals surface area (Å²) in [7, 11) is 0. The molecular weight excluding hydrogens is 224 g/mol. The van der Waals surface area contributed by atoms with Gasteiger partial charge in [0.25, 0.3) is 5.91 Å². The molecule has 0 radical (unpaired) electrons. The summed E-state index contributed by atoms with van der Waals surface area (Å²) in [6, 6.07) is -0.693. The number of carboxylic acid groups (broad SMARTS) is 1. The second-order valence-electron chi connectivity index (χ2n) is 3.25. The van der Waals surface area contributed by atoms with E-state index in [9.17, 15) is 9.59 Å². The van der Waals surface area contributed by atoms with Gasteiger partial charge in [0.05, 0.1) is 0 Å². The molecule has 2 aliphatic heterocycles. The number of nitrogens with two attached hydrogens (primary N) is 1. The third-order valence-electron chi connectivity index (χ3n) is 2.56. The maximum absolute atomic E-state index is 11.6. The zero-order valence-corrected chi connectivity index (χ0v) is 9.10. The van der Waals surface area contributed by atoms with Crippen LogP contribution in [0, 0.1) is 0 Å². The maximum Gasteiger partial charge on any atom is 0.327 e. The molecule has 0 aromatic rings. The van der Waals surface area contributed by atoms with Gasteiger partial charge in [-0.2, -0.15) is 0 Å². The first-order valence-corrected chi connectivity index (χ1v) is 6.31. The second kappa shape index (κ2) is 3.04. The summed E-state index contributed by atoms with van der Waals surface area (Å²) in [5, 5.41) is 8.67. The number of hydrogen-bond donors (Lipinski definition) is 2. The van der Waals surface area contributed by atoms with Gasteiger partial charge in [-0.05, 0) is 6.26 Å². The van der Waals surface area contributed by atoms with Gasteiger partial charge in [0, 0.05) is 5.75 Å². The summed E-state index contributed by atoms with van der Waals surface area (Å²) in [5.74, 6) is -0.769. The van der Waals surface area contributed by atoms with Gasteiger partial charge in [-0.25, -0.2) is 4.79 Å². The number of thioether (sulfide) groups is 2. The first kappa shape index (κ1) is 10.1. The van der Waals surface area contributed by atoms with Crippen molar-refractivity contribution in [1.82, 2.24) is 4.90 Å². The summed E-state index contributed by atoms with van der Waals surface area (Å²) < 4.78 is 0. The maximum atomic E-state index is 11.6. The molecule has 0 spiro atoms. The minimum Gasteiger partial charge on any atom is -0.480 e. The number of aliphatic carboxylic acids is 1. The minimum atomic E-state index is -0.948. The number of hydrogen-bond acceptors (Lipinski definition) is 5. The molecule has 78 valence electrons. The Labute approximate surface area is 89.4 Å². The van der Waals surface area contributed by atoms with Crippen LogP contribution < -0.4 is 5.73 Å². The van der Waals surface area contributed by atoms with Gasteiger partial charge in [-0.15, -0.1) is 23.5 Å². The van der Waals surface area contributed by atoms with E-state index in [2.05, 4.69) is 0 Å². The number of carbonyl (C=O) groups is 2. The lowest BCUT2D eigenvalue weighted by Crippen LogP contribution is -2.75. The van der Waals surface area contributed by atoms with Crippen LogP contribution in [0.2, 0.25) is 0 Å². The quantitative estimate of drug-likeness (QED) is 0.489. The Morgan fingerprint density at radius 3 is 3.00 bits per heavy atom. The van der Waals surface area contributed by atoms with Crippen LogP contribution >= 0.6 is 23.5 Å². The summed E-state index contributed by atoms with van der Waals surface area (Å²) in [6.45, 7) is 0. The summed E-state index contributed by atoms with van der Waals surface area (Å²) >= 11 is 2.73. The molecule has 2 fully saturated rings. The van der Waals surface area contributed by atoms with Gasteiger partial charge < -0.3 is 15.7 Å². The monoisotopic (exact) mass is 234 g/mol. The van der Waals surface area contributed by atoms with Gasteiger partial charge >= 0.3 is 5.97 Å². The molecule has 3 atom stereocenters. The van der Waals surface area contributed by atoms with Crippen molar-refractivity contribution in [3.05, 3.63) is 0 Å². The van der Waals surface area contributed by atoms with Crippen LogP contribution in [0.15, 0.2) is 0 Å². The van der Waals surface area contributed by atoms with Crippen molar-refractivity contribution >= 4 is 35.4 Å². The van der Waals surface area contributed by atoms with Crippen molar-refractivity contribution in [3.63, 3.8) is 0 Å². The van der Waals surface area contributed by atoms with Crippen molar-refractivity contribution in [1.29, 1.82) is 0 Å². The Kier molecular flexibility index (Phi) is 2.20. The van der Waals surface area contributed by atoms with Crippen molar-refractivity contribution in [2.24, 2.45) is 5.73 Å². The number of nitrogens with zero attached hydrogens (tertiary/aromatic N) is 1. The standard InChI is InChI=1S/C7H10N2O3S2/c1-13-7(8)5(12)9-3(4(10)11)2-14-6(7)9/h3,6H,2,8H2,1H3,(H,10,11)/t3?,6-,7-/m0/s1. The van der Waals surface area contributed by atoms with E-state index in [1.165, 1.54) is 28.4 Å². The molecule has 0 bridgehead atoms. The van der Waals surface area contributed by atoms with E-state index in [-0.39, 0.29) is 11.3 Å². The molecule has 14 heavy (non-hydrogen) atoms. The molecular formula is C7H10N2O3S2. The fraction of sp³-hybridized carbons (Fsp3) is 0.714. The normalized spacial score (nSPS) is 40.7. The number of β-lactam (4-membered cyclic amide) rings is 1. The van der Waals surface area contributed by atoms with Crippen LogP contribution in [-0.2, 0) is 9.59 Å². The molecule has 0 aromatic carbocycles. The van der Waals surface area contributed by atoms with Crippen LogP contribution in [-0.4, -0.2) is 50.2 Å². The summed E-state index contributed by atoms with van der Waals surface area (Å²) in [6.07, 6.45) is 1.77. The molecule has 0 aliphatic carbocycles. The topological polar surface area (TPSA) is 83.6 Å². The largest absolute Gasteiger partial charge is 0.480 e. The van der Waals surface area contributed by atoms with Crippen molar-refractivity contribution in [2.45, 2.75) is 16.3 Å². The molecule has 2 saturated heterocycles. The van der Waals surface area contributed by atoms with E-state index >= 15 is 0 Å². The van der Waals surface area contributed by atoms with Crippen LogP contribution in [0.5, 0.6) is 0 Å². The highest BCUT2D eigenvalue weighted by molar-refractivity contribution is 8.05. The van der Waals surface area contributed by atoms with E-state index in [1.54, 1.807) is 6.26 Å². The number of carbonyl (C=O) groups excluding carboxylic acids is 1. The first-order chi connectivity index (χ1) is 6.52. The predicted octanol–water partition coefficient (Wildman–Crippen LogP) is -0.627. The highest BCUT2D eigenvalue weighted by Gasteiger charge is 2.64. The van der Waals surface area contributed by atoms with Crippen molar-refractivity contribution in [3.8, 4) is 0 Å². The van der Waals surface area contributed by atoms with E-state index in [0.717, 1.165) is 0 Å². The smallest absolute Gasteiger partial charge is 0.327 e. The molecule has 7 heteroatoms. The number of rotatable bonds is 2. The number of carboxylic acids is 1. The highest BCUT2D eigenvalue weighted by Crippen LogP contribution is 2.48. The Morgan fingerprint density at radius 1 is 1.86 bits per heavy atom. The number of fused-ring (bicyclic) bond motifs is 1. The third-order valence-corrected chi connectivity index (χ3v) is 5.20. The van der Waals surface area contributed by atoms with E-state index in [1.807, 2.05) is 0 Å². The van der Waals surface area contributed by atoms with Gasteiger partial charge in [0.15, 0.2) is 4.87 Å². The average molecular weight is 234 g/mol. The van der Waals surface area contributed by atoms with Crippen LogP contribution in [0.1, 0.15) is 0 Å². The average Bonchev–Trinajstić information content (AvgIpc) is 2.57. The zero-order chi connectivity index (χ0) is 10.5. The summed E-state index contributed by atoms with van der Waals surface area (Å²) in [5.41, 5.74) is 5.85. The zero-order valence-electron chi connectivity index (χ0n) is 7.47. The Balaban J connectivity index is 2.21.